The maximum atomic E-state index is 9.09. The quantitative estimate of drug-likeness (QED) is 0.807. The average molecular weight is 202 g/mol. The van der Waals surface area contributed by atoms with E-state index >= 15 is 0 Å². The van der Waals surface area contributed by atoms with Gasteiger partial charge in [0.15, 0.2) is 0 Å². The van der Waals surface area contributed by atoms with E-state index in [1.54, 1.807) is 4.68 Å². The summed E-state index contributed by atoms with van der Waals surface area (Å²) >= 11 is 0. The Kier molecular flexibility index (Phi) is 2.56. The molecule has 2 rings (SSSR count). The minimum Gasteiger partial charge on any atom is -0.390 e. The molecule has 0 aliphatic heterocycles. The minimum atomic E-state index is 0.0232. The number of aryl methyl sites for hydroxylation is 2. The van der Waals surface area contributed by atoms with Gasteiger partial charge in [0, 0.05) is 12.6 Å². The molecule has 1 aromatic heterocycles. The second kappa shape index (κ2) is 3.87. The Morgan fingerprint density at radius 1 is 1.33 bits per heavy atom. The van der Waals surface area contributed by atoms with Crippen molar-refractivity contribution < 1.29 is 5.11 Å². The summed E-state index contributed by atoms with van der Waals surface area (Å²) in [4.78, 5) is 0. The van der Waals surface area contributed by atoms with Crippen LogP contribution in [-0.4, -0.2) is 14.9 Å². The zero-order chi connectivity index (χ0) is 10.8. The second-order valence-electron chi connectivity index (χ2n) is 3.62. The predicted molar refractivity (Wildman–Crippen MR) is 59.3 cm³/mol. The summed E-state index contributed by atoms with van der Waals surface area (Å²) < 4.78 is 1.71. The Morgan fingerprint density at radius 2 is 2.07 bits per heavy atom. The Morgan fingerprint density at radius 3 is 2.67 bits per heavy atom. The van der Waals surface area contributed by atoms with E-state index in [9.17, 15) is 0 Å². The van der Waals surface area contributed by atoms with Gasteiger partial charge in [-0.2, -0.15) is 5.10 Å². The van der Waals surface area contributed by atoms with Gasteiger partial charge in [0.1, 0.15) is 0 Å². The van der Waals surface area contributed by atoms with Crippen LogP contribution < -0.4 is 0 Å². The summed E-state index contributed by atoms with van der Waals surface area (Å²) in [5.41, 5.74) is 4.06. The third kappa shape index (κ3) is 1.78. The topological polar surface area (TPSA) is 38.0 Å². The van der Waals surface area contributed by atoms with Gasteiger partial charge in [-0.05, 0) is 18.6 Å². The van der Waals surface area contributed by atoms with Crippen molar-refractivity contribution >= 4 is 0 Å². The van der Waals surface area contributed by atoms with Gasteiger partial charge < -0.3 is 5.11 Å². The normalized spacial score (nSPS) is 10.6. The van der Waals surface area contributed by atoms with E-state index in [1.807, 2.05) is 31.3 Å². The fourth-order valence-electron chi connectivity index (χ4n) is 1.65. The van der Waals surface area contributed by atoms with Crippen molar-refractivity contribution in [2.24, 2.45) is 7.05 Å². The number of aliphatic hydroxyl groups is 1. The van der Waals surface area contributed by atoms with Crippen molar-refractivity contribution in [2.45, 2.75) is 13.5 Å². The molecule has 0 spiro atoms. The lowest BCUT2D eigenvalue weighted by Gasteiger charge is -2.00. The SMILES string of the molecule is Cc1ccccc1-c1cc(CO)n(C)n1. The van der Waals surface area contributed by atoms with Gasteiger partial charge in [-0.1, -0.05) is 24.3 Å². The van der Waals surface area contributed by atoms with E-state index in [4.69, 9.17) is 5.11 Å². The van der Waals surface area contributed by atoms with Crippen LogP contribution >= 0.6 is 0 Å². The maximum absolute atomic E-state index is 9.09. The van der Waals surface area contributed by atoms with Gasteiger partial charge in [0.25, 0.3) is 0 Å². The molecule has 2 aromatic rings. The molecular weight excluding hydrogens is 188 g/mol. The summed E-state index contributed by atoms with van der Waals surface area (Å²) in [5.74, 6) is 0. The van der Waals surface area contributed by atoms with E-state index in [0.29, 0.717) is 0 Å². The molecule has 1 heterocycles. The molecule has 0 bridgehead atoms. The molecule has 0 atom stereocenters. The van der Waals surface area contributed by atoms with Gasteiger partial charge in [-0.15, -0.1) is 0 Å². The molecule has 0 unspecified atom stereocenters. The third-order valence-corrected chi connectivity index (χ3v) is 2.56. The number of rotatable bonds is 2. The maximum Gasteiger partial charge on any atom is 0.0929 e. The van der Waals surface area contributed by atoms with Crippen LogP contribution in [0.15, 0.2) is 30.3 Å². The third-order valence-electron chi connectivity index (χ3n) is 2.56. The number of hydrogen-bond donors (Lipinski definition) is 1. The summed E-state index contributed by atoms with van der Waals surface area (Å²) in [7, 11) is 1.84. The summed E-state index contributed by atoms with van der Waals surface area (Å²) in [6.45, 7) is 2.08. The summed E-state index contributed by atoms with van der Waals surface area (Å²) in [5, 5.41) is 13.5. The minimum absolute atomic E-state index is 0.0232. The molecule has 15 heavy (non-hydrogen) atoms. The molecule has 78 valence electrons. The standard InChI is InChI=1S/C12H14N2O/c1-9-5-3-4-6-11(9)12-7-10(8-15)14(2)13-12/h3-7,15H,8H2,1-2H3. The molecular formula is C12H14N2O. The van der Waals surface area contributed by atoms with E-state index in [1.165, 1.54) is 5.56 Å². The molecule has 0 amide bonds. The van der Waals surface area contributed by atoms with Crippen LogP contribution in [0.3, 0.4) is 0 Å². The predicted octanol–water partition coefficient (Wildman–Crippen LogP) is 1.89. The van der Waals surface area contributed by atoms with Crippen LogP contribution in [0.1, 0.15) is 11.3 Å². The first-order valence-electron chi connectivity index (χ1n) is 4.92. The number of nitrogens with zero attached hydrogens (tertiary/aromatic N) is 2. The van der Waals surface area contributed by atoms with Crippen molar-refractivity contribution in [3.05, 3.63) is 41.6 Å². The van der Waals surface area contributed by atoms with Crippen molar-refractivity contribution in [3.8, 4) is 11.3 Å². The average Bonchev–Trinajstić information content (AvgIpc) is 2.60. The van der Waals surface area contributed by atoms with Crippen LogP contribution in [0.25, 0.3) is 11.3 Å². The van der Waals surface area contributed by atoms with Gasteiger partial charge in [0.05, 0.1) is 18.0 Å². The van der Waals surface area contributed by atoms with Gasteiger partial charge in [-0.3, -0.25) is 4.68 Å². The Labute approximate surface area is 89.0 Å². The number of aromatic nitrogens is 2. The van der Waals surface area contributed by atoms with E-state index in [2.05, 4.69) is 18.1 Å². The second-order valence-corrected chi connectivity index (χ2v) is 3.62. The van der Waals surface area contributed by atoms with Crippen LogP contribution in [0.2, 0.25) is 0 Å². The van der Waals surface area contributed by atoms with Crippen molar-refractivity contribution in [1.82, 2.24) is 9.78 Å². The first-order valence-corrected chi connectivity index (χ1v) is 4.92. The monoisotopic (exact) mass is 202 g/mol. The van der Waals surface area contributed by atoms with Gasteiger partial charge >= 0.3 is 0 Å². The molecule has 1 N–H and O–H groups in total. The van der Waals surface area contributed by atoms with E-state index in [-0.39, 0.29) is 6.61 Å². The first-order chi connectivity index (χ1) is 7.22. The molecule has 1 aromatic carbocycles. The molecule has 0 radical (unpaired) electrons. The van der Waals surface area contributed by atoms with Crippen molar-refractivity contribution in [2.75, 3.05) is 0 Å². The molecule has 0 saturated carbocycles. The van der Waals surface area contributed by atoms with Crippen LogP contribution in [0.5, 0.6) is 0 Å². The molecule has 0 aliphatic carbocycles. The Balaban J connectivity index is 2.50. The lowest BCUT2D eigenvalue weighted by molar-refractivity contribution is 0.270. The number of hydrogen-bond acceptors (Lipinski definition) is 2. The number of aliphatic hydroxyl groups excluding tert-OH is 1. The van der Waals surface area contributed by atoms with Crippen molar-refractivity contribution in [1.29, 1.82) is 0 Å². The van der Waals surface area contributed by atoms with Gasteiger partial charge in [-0.25, -0.2) is 0 Å². The molecule has 3 heteroatoms. The molecule has 0 aliphatic rings. The van der Waals surface area contributed by atoms with Gasteiger partial charge in [0.2, 0.25) is 0 Å². The largest absolute Gasteiger partial charge is 0.390 e. The smallest absolute Gasteiger partial charge is 0.0929 e. The highest BCUT2D eigenvalue weighted by Crippen LogP contribution is 2.22. The highest BCUT2D eigenvalue weighted by Gasteiger charge is 2.07. The zero-order valence-corrected chi connectivity index (χ0v) is 8.94. The highest BCUT2D eigenvalue weighted by molar-refractivity contribution is 5.63. The molecule has 3 nitrogen and oxygen atoms in total. The highest BCUT2D eigenvalue weighted by atomic mass is 16.3. The number of benzene rings is 1. The zero-order valence-electron chi connectivity index (χ0n) is 8.94. The fourth-order valence-corrected chi connectivity index (χ4v) is 1.65. The molecule has 0 fully saturated rings. The van der Waals surface area contributed by atoms with Crippen molar-refractivity contribution in [3.63, 3.8) is 0 Å². The molecule has 0 saturated heterocycles. The van der Waals surface area contributed by atoms with E-state index < -0.39 is 0 Å². The Bertz CT molecular complexity index is 474. The fraction of sp³-hybridized carbons (Fsp3) is 0.250. The van der Waals surface area contributed by atoms with Crippen LogP contribution in [0.4, 0.5) is 0 Å². The Hall–Kier alpha value is -1.61. The van der Waals surface area contributed by atoms with Crippen LogP contribution in [0, 0.1) is 6.92 Å². The summed E-state index contributed by atoms with van der Waals surface area (Å²) in [6.07, 6.45) is 0. The first kappa shape index (κ1) is 9.93. The summed E-state index contributed by atoms with van der Waals surface area (Å²) in [6, 6.07) is 10.0. The lowest BCUT2D eigenvalue weighted by Crippen LogP contribution is -1.96. The van der Waals surface area contributed by atoms with E-state index in [0.717, 1.165) is 17.0 Å². The lowest BCUT2D eigenvalue weighted by atomic mass is 10.1. The van der Waals surface area contributed by atoms with Crippen LogP contribution in [-0.2, 0) is 13.7 Å².